The third-order valence-corrected chi connectivity index (χ3v) is 6.46. The predicted molar refractivity (Wildman–Crippen MR) is 126 cm³/mol. The molecule has 34 heavy (non-hydrogen) atoms. The number of benzene rings is 3. The number of nitro benzene ring substituents is 1. The summed E-state index contributed by atoms with van der Waals surface area (Å²) in [4.78, 5) is 45.0. The quantitative estimate of drug-likeness (QED) is 0.277. The van der Waals surface area contributed by atoms with E-state index in [1.165, 1.54) is 30.4 Å². The van der Waals surface area contributed by atoms with Gasteiger partial charge in [0.15, 0.2) is 6.10 Å². The molecule has 0 bridgehead atoms. The van der Waals surface area contributed by atoms with Crippen LogP contribution in [0.1, 0.15) is 11.6 Å². The van der Waals surface area contributed by atoms with Crippen LogP contribution in [0.3, 0.4) is 0 Å². The largest absolute Gasteiger partial charge is 0.497 e. The van der Waals surface area contributed by atoms with Crippen LogP contribution in [0.25, 0.3) is 0 Å². The molecule has 2 aliphatic heterocycles. The number of non-ortho nitro benzene ring substituents is 1. The molecule has 3 aromatic rings. The average Bonchev–Trinajstić information content (AvgIpc) is 3.36. The van der Waals surface area contributed by atoms with Crippen molar-refractivity contribution in [2.24, 2.45) is 5.92 Å². The van der Waals surface area contributed by atoms with Crippen LogP contribution in [-0.4, -0.2) is 30.0 Å². The highest BCUT2D eigenvalue weighted by Crippen LogP contribution is 2.48. The highest BCUT2D eigenvalue weighted by atomic mass is 79.9. The minimum Gasteiger partial charge on any atom is -0.497 e. The summed E-state index contributed by atoms with van der Waals surface area (Å²) in [6.07, 6.45) is -1.08. The summed E-state index contributed by atoms with van der Waals surface area (Å²) < 4.78 is 6.17. The molecule has 2 saturated heterocycles. The van der Waals surface area contributed by atoms with Gasteiger partial charge in [0.05, 0.1) is 29.4 Å². The van der Waals surface area contributed by atoms with Crippen LogP contribution in [0, 0.1) is 16.0 Å². The maximum atomic E-state index is 13.6. The molecule has 0 N–H and O–H groups in total. The highest BCUT2D eigenvalue weighted by molar-refractivity contribution is 9.10. The Kier molecular flexibility index (Phi) is 5.54. The molecule has 10 heteroatoms. The molecule has 5 rings (SSSR count). The Hall–Kier alpha value is -3.76. The molecule has 2 fully saturated rings. The zero-order valence-corrected chi connectivity index (χ0v) is 19.4. The first kappa shape index (κ1) is 22.1. The maximum Gasteiger partial charge on any atom is 0.271 e. The molecule has 0 aliphatic carbocycles. The molecule has 2 heterocycles. The summed E-state index contributed by atoms with van der Waals surface area (Å²) in [7, 11) is 1.53. The first-order valence-electron chi connectivity index (χ1n) is 10.4. The van der Waals surface area contributed by atoms with Crippen molar-refractivity contribution in [3.8, 4) is 5.75 Å². The van der Waals surface area contributed by atoms with E-state index in [1.54, 1.807) is 48.5 Å². The molecule has 0 spiro atoms. The van der Waals surface area contributed by atoms with Crippen molar-refractivity contribution in [1.29, 1.82) is 0 Å². The van der Waals surface area contributed by atoms with E-state index in [-0.39, 0.29) is 5.69 Å². The third kappa shape index (κ3) is 3.61. The molecule has 2 aliphatic rings. The van der Waals surface area contributed by atoms with Crippen LogP contribution in [-0.2, 0) is 14.4 Å². The Balaban J connectivity index is 1.60. The minimum absolute atomic E-state index is 0.128. The van der Waals surface area contributed by atoms with Gasteiger partial charge in [-0.1, -0.05) is 34.1 Å². The topological polar surface area (TPSA) is 102 Å². The number of imide groups is 1. The fourth-order valence-electron chi connectivity index (χ4n) is 4.39. The fourth-order valence-corrected chi connectivity index (χ4v) is 4.66. The van der Waals surface area contributed by atoms with Crippen LogP contribution in [0.4, 0.5) is 17.1 Å². The van der Waals surface area contributed by atoms with Crippen molar-refractivity contribution in [1.82, 2.24) is 0 Å². The van der Waals surface area contributed by atoms with Gasteiger partial charge in [0.1, 0.15) is 11.7 Å². The average molecular weight is 524 g/mol. The molecule has 172 valence electrons. The van der Waals surface area contributed by atoms with Crippen molar-refractivity contribution in [3.05, 3.63) is 92.9 Å². The van der Waals surface area contributed by atoms with E-state index in [0.29, 0.717) is 22.7 Å². The number of hydrogen-bond donors (Lipinski definition) is 0. The summed E-state index contributed by atoms with van der Waals surface area (Å²) in [5.74, 6) is -1.18. The Morgan fingerprint density at radius 3 is 2.41 bits per heavy atom. The number of carbonyl (C=O) groups excluding carboxylic acids is 2. The smallest absolute Gasteiger partial charge is 0.271 e. The first-order valence-corrected chi connectivity index (χ1v) is 11.2. The molecular weight excluding hydrogens is 506 g/mol. The van der Waals surface area contributed by atoms with Gasteiger partial charge in [0, 0.05) is 16.6 Å². The van der Waals surface area contributed by atoms with Gasteiger partial charge >= 0.3 is 0 Å². The number of fused-ring (bicyclic) bond motifs is 1. The monoisotopic (exact) mass is 523 g/mol. The zero-order chi connectivity index (χ0) is 24.0. The van der Waals surface area contributed by atoms with Gasteiger partial charge in [0.25, 0.3) is 11.6 Å². The van der Waals surface area contributed by atoms with Crippen molar-refractivity contribution in [2.45, 2.75) is 12.1 Å². The number of methoxy groups -OCH3 is 1. The number of nitro groups is 1. The lowest BCUT2D eigenvalue weighted by atomic mass is 9.90. The molecule has 0 unspecified atom stereocenters. The lowest BCUT2D eigenvalue weighted by Gasteiger charge is -2.28. The van der Waals surface area contributed by atoms with Crippen molar-refractivity contribution >= 4 is 44.8 Å². The normalized spacial score (nSPS) is 21.6. The number of nitrogens with zero attached hydrogens (tertiary/aromatic N) is 3. The molecule has 9 nitrogen and oxygen atoms in total. The summed E-state index contributed by atoms with van der Waals surface area (Å²) in [5, 5.41) is 12.8. The molecule has 3 atom stereocenters. The van der Waals surface area contributed by atoms with Crippen LogP contribution in [0.2, 0.25) is 0 Å². The number of rotatable bonds is 5. The number of anilines is 2. The van der Waals surface area contributed by atoms with E-state index >= 15 is 0 Å². The minimum atomic E-state index is -1.08. The molecule has 0 aromatic heterocycles. The van der Waals surface area contributed by atoms with Crippen molar-refractivity contribution in [2.75, 3.05) is 17.1 Å². The summed E-state index contributed by atoms with van der Waals surface area (Å²) >= 11 is 3.36. The Bertz CT molecular complexity index is 1300. The summed E-state index contributed by atoms with van der Waals surface area (Å²) in [6, 6.07) is 19.2. The third-order valence-electron chi connectivity index (χ3n) is 5.93. The number of ether oxygens (including phenoxy) is 1. The van der Waals surface area contributed by atoms with Crippen molar-refractivity contribution < 1.29 is 24.1 Å². The maximum absolute atomic E-state index is 13.6. The number of hydrogen-bond acceptors (Lipinski definition) is 7. The molecular formula is C24H18BrN3O6. The van der Waals surface area contributed by atoms with E-state index in [0.717, 1.165) is 9.37 Å². The van der Waals surface area contributed by atoms with Crippen LogP contribution in [0.15, 0.2) is 77.3 Å². The molecule has 2 amide bonds. The second kappa shape index (κ2) is 8.54. The van der Waals surface area contributed by atoms with E-state index in [4.69, 9.17) is 9.57 Å². The van der Waals surface area contributed by atoms with E-state index < -0.39 is 34.8 Å². The second-order valence-electron chi connectivity index (χ2n) is 7.86. The van der Waals surface area contributed by atoms with Gasteiger partial charge in [0.2, 0.25) is 5.91 Å². The lowest BCUT2D eigenvalue weighted by Crippen LogP contribution is -2.37. The number of amides is 2. The van der Waals surface area contributed by atoms with E-state index in [9.17, 15) is 19.7 Å². The zero-order valence-electron chi connectivity index (χ0n) is 17.8. The van der Waals surface area contributed by atoms with E-state index in [1.807, 2.05) is 6.07 Å². The Morgan fingerprint density at radius 2 is 1.71 bits per heavy atom. The van der Waals surface area contributed by atoms with Gasteiger partial charge in [-0.3, -0.25) is 24.5 Å². The fraction of sp³-hybridized carbons (Fsp3) is 0.167. The molecule has 0 saturated carbocycles. The lowest BCUT2D eigenvalue weighted by molar-refractivity contribution is -0.384. The number of carbonyl (C=O) groups is 2. The van der Waals surface area contributed by atoms with Gasteiger partial charge in [-0.2, -0.15) is 0 Å². The van der Waals surface area contributed by atoms with Crippen LogP contribution in [0.5, 0.6) is 5.75 Å². The van der Waals surface area contributed by atoms with Gasteiger partial charge in [-0.15, -0.1) is 0 Å². The number of halogens is 1. The molecule has 3 aromatic carbocycles. The standard InChI is InChI=1S/C24H18BrN3O6/c1-33-19-7-2-4-14(12-19)21-20-22(34-27(21)17-5-3-6-18(13-17)28(31)32)24(30)26(23(20)29)16-10-8-15(25)9-11-16/h2-13,20-22H,1H3/t20-,21-,22-/m0/s1. The van der Waals surface area contributed by atoms with Gasteiger partial charge in [-0.25, -0.2) is 9.96 Å². The highest BCUT2D eigenvalue weighted by Gasteiger charge is 2.60. The SMILES string of the molecule is COc1cccc([C@H]2[C@@H]3C(=O)N(c4ccc(Br)cc4)C(=O)[C@H]3ON2c2cccc([N+](=O)[O-])c2)c1. The summed E-state index contributed by atoms with van der Waals surface area (Å²) in [6.45, 7) is 0. The van der Waals surface area contributed by atoms with Gasteiger partial charge in [-0.05, 0) is 48.0 Å². The van der Waals surface area contributed by atoms with Crippen LogP contribution >= 0.6 is 15.9 Å². The summed E-state index contributed by atoms with van der Waals surface area (Å²) in [5.41, 5.74) is 1.36. The molecule has 0 radical (unpaired) electrons. The van der Waals surface area contributed by atoms with Crippen molar-refractivity contribution in [3.63, 3.8) is 0 Å². The Morgan fingerprint density at radius 1 is 0.971 bits per heavy atom. The Labute approximate surface area is 202 Å². The number of hydroxylamine groups is 1. The van der Waals surface area contributed by atoms with E-state index in [2.05, 4.69) is 15.9 Å². The first-order chi connectivity index (χ1) is 16.4. The van der Waals surface area contributed by atoms with Crippen LogP contribution < -0.4 is 14.7 Å². The second-order valence-corrected chi connectivity index (χ2v) is 8.78. The van der Waals surface area contributed by atoms with Gasteiger partial charge < -0.3 is 4.74 Å². The predicted octanol–water partition coefficient (Wildman–Crippen LogP) is 4.42.